The molecule has 2 atom stereocenters. The Morgan fingerprint density at radius 3 is 2.26 bits per heavy atom. The van der Waals surface area contributed by atoms with Crippen molar-refractivity contribution in [2.75, 3.05) is 6.54 Å². The Morgan fingerprint density at radius 1 is 1.30 bits per heavy atom. The number of Topliss-reactive ketones (excluding diaryl/α,β-unsaturated/α-hetero) is 1. The maximum Gasteiger partial charge on any atom is 0.321 e. The number of carbonyl (C=O) groups is 3. The first-order valence-corrected chi connectivity index (χ1v) is 6.93. The molecule has 23 heavy (non-hydrogen) atoms. The summed E-state index contributed by atoms with van der Waals surface area (Å²) in [5.41, 5.74) is 15.2. The topological polar surface area (TPSA) is 173 Å². The average molecular weight is 320 g/mol. The molecule has 8 heteroatoms. The smallest absolute Gasteiger partial charge is 0.321 e. The summed E-state index contributed by atoms with van der Waals surface area (Å²) in [5.74, 6) is -2.34. The predicted molar refractivity (Wildman–Crippen MR) is 84.1 cm³/mol. The van der Waals surface area contributed by atoms with Crippen molar-refractivity contribution in [2.24, 2.45) is 17.2 Å². The highest BCUT2D eigenvalue weighted by Gasteiger charge is 2.48. The number of nitrogen functional groups attached to an aromatic ring is 1. The van der Waals surface area contributed by atoms with Crippen LogP contribution in [0.5, 0.6) is 0 Å². The average Bonchev–Trinajstić information content (AvgIpc) is 2.52. The number of aldehydes is 1. The van der Waals surface area contributed by atoms with Crippen molar-refractivity contribution in [3.8, 4) is 0 Å². The van der Waals surface area contributed by atoms with Gasteiger partial charge in [-0.25, -0.2) is 0 Å². The first-order chi connectivity index (χ1) is 10.8. The third kappa shape index (κ3) is 3.61. The van der Waals surface area contributed by atoms with Crippen molar-refractivity contribution in [1.82, 2.24) is 0 Å². The molecule has 0 spiro atoms. The molecule has 0 fully saturated rings. The van der Waals surface area contributed by atoms with Crippen molar-refractivity contribution in [2.45, 2.75) is 24.3 Å². The lowest BCUT2D eigenvalue weighted by Gasteiger charge is -2.30. The van der Waals surface area contributed by atoms with Crippen LogP contribution in [0, 0.1) is 5.41 Å². The molecule has 1 aromatic carbocycles. The molecule has 0 saturated carbocycles. The van der Waals surface area contributed by atoms with Crippen molar-refractivity contribution >= 4 is 23.9 Å². The van der Waals surface area contributed by atoms with Crippen molar-refractivity contribution in [3.63, 3.8) is 0 Å². The highest BCUT2D eigenvalue weighted by Crippen LogP contribution is 2.31. The number of hydrogen-bond donors (Lipinski definition) is 5. The summed E-state index contributed by atoms with van der Waals surface area (Å²) < 4.78 is 0. The van der Waals surface area contributed by atoms with Gasteiger partial charge in [0, 0.05) is 12.0 Å². The van der Waals surface area contributed by atoms with Gasteiger partial charge in [-0.1, -0.05) is 24.3 Å². The minimum atomic E-state index is -1.94. The van der Waals surface area contributed by atoms with Crippen LogP contribution in [0.15, 0.2) is 24.3 Å². The van der Waals surface area contributed by atoms with Crippen molar-refractivity contribution in [3.05, 3.63) is 35.4 Å². The minimum absolute atomic E-state index is 0.0552. The number of carboxylic acids is 1. The lowest BCUT2D eigenvalue weighted by molar-refractivity contribution is -0.150. The Labute approximate surface area is 133 Å². The molecule has 0 bridgehead atoms. The van der Waals surface area contributed by atoms with Gasteiger partial charge in [-0.05, 0) is 18.5 Å². The van der Waals surface area contributed by atoms with Gasteiger partial charge < -0.3 is 27.1 Å². The summed E-state index contributed by atoms with van der Waals surface area (Å²) in [6.45, 7) is -0.0552. The van der Waals surface area contributed by atoms with Gasteiger partial charge >= 0.3 is 5.97 Å². The summed E-state index contributed by atoms with van der Waals surface area (Å²) >= 11 is 0. The Balaban J connectivity index is 3.44. The van der Waals surface area contributed by atoms with Gasteiger partial charge in [0.2, 0.25) is 0 Å². The predicted octanol–water partition coefficient (Wildman–Crippen LogP) is -0.873. The van der Waals surface area contributed by atoms with Gasteiger partial charge in [-0.3, -0.25) is 15.0 Å². The number of aliphatic carboxylic acids is 1. The minimum Gasteiger partial charge on any atom is -0.480 e. The third-order valence-corrected chi connectivity index (χ3v) is 3.68. The maximum absolute atomic E-state index is 12.6. The molecule has 8 nitrogen and oxygen atoms in total. The van der Waals surface area contributed by atoms with Gasteiger partial charge in [0.05, 0.1) is 6.04 Å². The molecule has 0 radical (unpaired) electrons. The highest BCUT2D eigenvalue weighted by molar-refractivity contribution is 6.11. The molecule has 0 amide bonds. The standard InChI is InChI=1S/C15H20N4O4/c16-7-6-15(14(22)23,12(21)11(17)5-8-20)10-3-1-9(2-4-10)13(18)19/h1-4,8,11H,5-7,16-17H2,(H3,18,19)(H,22,23). The largest absolute Gasteiger partial charge is 0.480 e. The van der Waals surface area contributed by atoms with Gasteiger partial charge in [-0.2, -0.15) is 0 Å². The highest BCUT2D eigenvalue weighted by atomic mass is 16.4. The quantitative estimate of drug-likeness (QED) is 0.170. The van der Waals surface area contributed by atoms with Crippen LogP contribution in [-0.2, 0) is 19.8 Å². The number of hydrogen-bond acceptors (Lipinski definition) is 6. The van der Waals surface area contributed by atoms with Crippen LogP contribution < -0.4 is 17.2 Å². The number of carboxylic acid groups (broad SMARTS) is 1. The van der Waals surface area contributed by atoms with E-state index in [9.17, 15) is 19.5 Å². The van der Waals surface area contributed by atoms with Gasteiger partial charge in [-0.15, -0.1) is 0 Å². The van der Waals surface area contributed by atoms with Crippen LogP contribution in [-0.4, -0.2) is 41.6 Å². The van der Waals surface area contributed by atoms with E-state index in [-0.39, 0.29) is 30.8 Å². The van der Waals surface area contributed by atoms with Crippen LogP contribution in [0.2, 0.25) is 0 Å². The number of benzene rings is 1. The van der Waals surface area contributed by atoms with E-state index in [0.717, 1.165) is 0 Å². The molecule has 0 aromatic heterocycles. The van der Waals surface area contributed by atoms with Crippen LogP contribution in [0.1, 0.15) is 24.0 Å². The summed E-state index contributed by atoms with van der Waals surface area (Å²) in [7, 11) is 0. The van der Waals surface area contributed by atoms with E-state index in [0.29, 0.717) is 11.8 Å². The first kappa shape index (κ1) is 18.5. The molecule has 2 unspecified atom stereocenters. The van der Waals surface area contributed by atoms with E-state index >= 15 is 0 Å². The lowest BCUT2D eigenvalue weighted by Crippen LogP contribution is -2.52. The number of ketones is 1. The molecule has 0 aliphatic heterocycles. The fraction of sp³-hybridized carbons (Fsp3) is 0.333. The number of rotatable bonds is 9. The lowest BCUT2D eigenvalue weighted by atomic mass is 9.71. The second-order valence-electron chi connectivity index (χ2n) is 5.11. The van der Waals surface area contributed by atoms with Crippen LogP contribution >= 0.6 is 0 Å². The van der Waals surface area contributed by atoms with E-state index in [2.05, 4.69) is 0 Å². The van der Waals surface area contributed by atoms with Crippen LogP contribution in [0.4, 0.5) is 0 Å². The fourth-order valence-corrected chi connectivity index (χ4v) is 2.42. The van der Waals surface area contributed by atoms with Crippen molar-refractivity contribution < 1.29 is 19.5 Å². The summed E-state index contributed by atoms with van der Waals surface area (Å²) in [4.78, 5) is 35.1. The number of nitrogens with two attached hydrogens (primary N) is 3. The molecule has 124 valence electrons. The molecule has 8 N–H and O–H groups in total. The zero-order chi connectivity index (χ0) is 17.6. The summed E-state index contributed by atoms with van der Waals surface area (Å²) in [5, 5.41) is 17.0. The second-order valence-corrected chi connectivity index (χ2v) is 5.11. The first-order valence-electron chi connectivity index (χ1n) is 6.93. The molecule has 0 aliphatic rings. The van der Waals surface area contributed by atoms with Crippen LogP contribution in [0.3, 0.4) is 0 Å². The molecule has 0 aliphatic carbocycles. The molecular formula is C15H20N4O4. The molecular weight excluding hydrogens is 300 g/mol. The van der Waals surface area contributed by atoms with Crippen LogP contribution in [0.25, 0.3) is 0 Å². The van der Waals surface area contributed by atoms with Gasteiger partial charge in [0.1, 0.15) is 12.1 Å². The zero-order valence-corrected chi connectivity index (χ0v) is 12.5. The normalized spacial score (nSPS) is 14.5. The second kappa shape index (κ2) is 7.61. The van der Waals surface area contributed by atoms with E-state index < -0.39 is 23.2 Å². The molecule has 0 saturated heterocycles. The van der Waals surface area contributed by atoms with Crippen molar-refractivity contribution in [1.29, 1.82) is 5.41 Å². The van der Waals surface area contributed by atoms with E-state index in [4.69, 9.17) is 22.6 Å². The summed E-state index contributed by atoms with van der Waals surface area (Å²) in [6.07, 6.45) is 0.0353. The Bertz CT molecular complexity index is 614. The Morgan fingerprint density at radius 2 is 1.87 bits per heavy atom. The number of carbonyl (C=O) groups excluding carboxylic acids is 2. The van der Waals surface area contributed by atoms with E-state index in [1.54, 1.807) is 0 Å². The van der Waals surface area contributed by atoms with Gasteiger partial charge in [0.15, 0.2) is 11.2 Å². The number of nitrogens with one attached hydrogen (secondary N) is 1. The molecule has 1 aromatic rings. The zero-order valence-electron chi connectivity index (χ0n) is 12.5. The monoisotopic (exact) mass is 320 g/mol. The van der Waals surface area contributed by atoms with E-state index in [1.807, 2.05) is 0 Å². The Hall–Kier alpha value is -2.58. The SMILES string of the molecule is N=C(N)c1ccc(C(CCN)(C(=O)O)C(=O)C(N)CC=O)cc1. The Kier molecular flexibility index (Phi) is 6.11. The van der Waals surface area contributed by atoms with Gasteiger partial charge in [0.25, 0.3) is 0 Å². The third-order valence-electron chi connectivity index (χ3n) is 3.68. The molecule has 0 heterocycles. The maximum atomic E-state index is 12.6. The fourth-order valence-electron chi connectivity index (χ4n) is 2.42. The number of amidine groups is 1. The summed E-state index contributed by atoms with van der Waals surface area (Å²) in [6, 6.07) is 4.48. The van der Waals surface area contributed by atoms with E-state index in [1.165, 1.54) is 24.3 Å². The molecule has 1 rings (SSSR count).